The summed E-state index contributed by atoms with van der Waals surface area (Å²) in [6.07, 6.45) is 1.49. The maximum absolute atomic E-state index is 10.00. The van der Waals surface area contributed by atoms with E-state index in [0.717, 1.165) is 17.0 Å². The van der Waals surface area contributed by atoms with E-state index in [1.807, 2.05) is 49.6 Å². The molecule has 0 amide bonds. The van der Waals surface area contributed by atoms with Gasteiger partial charge in [0.15, 0.2) is 0 Å². The SMILES string of the molecule is CSc1cccc(NCC(O)COc2ccccc2C)c1. The molecule has 4 heteroatoms. The van der Waals surface area contributed by atoms with Crippen LogP contribution in [0.5, 0.6) is 5.75 Å². The smallest absolute Gasteiger partial charge is 0.122 e. The van der Waals surface area contributed by atoms with E-state index in [4.69, 9.17) is 4.74 Å². The van der Waals surface area contributed by atoms with Gasteiger partial charge in [0.2, 0.25) is 0 Å². The normalized spacial score (nSPS) is 12.0. The van der Waals surface area contributed by atoms with Crippen molar-refractivity contribution in [2.75, 3.05) is 24.7 Å². The minimum atomic E-state index is -0.553. The van der Waals surface area contributed by atoms with E-state index in [0.29, 0.717) is 6.54 Å². The lowest BCUT2D eigenvalue weighted by molar-refractivity contribution is 0.117. The van der Waals surface area contributed by atoms with Crippen LogP contribution in [0.15, 0.2) is 53.4 Å². The molecule has 0 saturated heterocycles. The number of nitrogens with one attached hydrogen (secondary N) is 1. The number of hydrogen-bond acceptors (Lipinski definition) is 4. The predicted molar refractivity (Wildman–Crippen MR) is 89.4 cm³/mol. The fourth-order valence-electron chi connectivity index (χ4n) is 1.93. The molecule has 2 N–H and O–H groups in total. The average molecular weight is 303 g/mol. The number of hydrogen-bond donors (Lipinski definition) is 2. The predicted octanol–water partition coefficient (Wildman–Crippen LogP) is 3.57. The van der Waals surface area contributed by atoms with Crippen molar-refractivity contribution in [3.8, 4) is 5.75 Å². The molecule has 2 aromatic rings. The number of para-hydroxylation sites is 1. The first kappa shape index (κ1) is 15.7. The van der Waals surface area contributed by atoms with E-state index in [-0.39, 0.29) is 6.61 Å². The third kappa shape index (κ3) is 4.99. The lowest BCUT2D eigenvalue weighted by Gasteiger charge is -2.15. The van der Waals surface area contributed by atoms with Gasteiger partial charge in [-0.1, -0.05) is 24.3 Å². The van der Waals surface area contributed by atoms with Crippen LogP contribution in [0.1, 0.15) is 5.56 Å². The first-order valence-corrected chi connectivity index (χ1v) is 8.16. The molecule has 0 bridgehead atoms. The number of benzene rings is 2. The van der Waals surface area contributed by atoms with Crippen LogP contribution in [0, 0.1) is 6.92 Å². The van der Waals surface area contributed by atoms with Crippen molar-refractivity contribution in [3.63, 3.8) is 0 Å². The van der Waals surface area contributed by atoms with Gasteiger partial charge < -0.3 is 15.2 Å². The molecule has 0 aliphatic heterocycles. The standard InChI is InChI=1S/C17H21NO2S/c1-13-6-3-4-9-17(13)20-12-15(19)11-18-14-7-5-8-16(10-14)21-2/h3-10,15,18-19H,11-12H2,1-2H3. The van der Waals surface area contributed by atoms with Crippen LogP contribution in [0.25, 0.3) is 0 Å². The monoisotopic (exact) mass is 303 g/mol. The Morgan fingerprint density at radius 1 is 1.19 bits per heavy atom. The highest BCUT2D eigenvalue weighted by molar-refractivity contribution is 7.98. The molecule has 0 saturated carbocycles. The van der Waals surface area contributed by atoms with Gasteiger partial charge in [0.1, 0.15) is 18.5 Å². The second-order valence-corrected chi connectivity index (χ2v) is 5.72. The van der Waals surface area contributed by atoms with Crippen LogP contribution in [0.3, 0.4) is 0 Å². The van der Waals surface area contributed by atoms with Crippen LogP contribution in [0.2, 0.25) is 0 Å². The number of ether oxygens (including phenoxy) is 1. The Labute approximate surface area is 130 Å². The number of aliphatic hydroxyl groups excluding tert-OH is 1. The summed E-state index contributed by atoms with van der Waals surface area (Å²) in [7, 11) is 0. The van der Waals surface area contributed by atoms with E-state index in [1.54, 1.807) is 11.8 Å². The fraction of sp³-hybridized carbons (Fsp3) is 0.294. The van der Waals surface area contributed by atoms with Gasteiger partial charge in [-0.15, -0.1) is 11.8 Å². The van der Waals surface area contributed by atoms with E-state index < -0.39 is 6.10 Å². The highest BCUT2D eigenvalue weighted by atomic mass is 32.2. The molecule has 0 heterocycles. The molecule has 2 aromatic carbocycles. The highest BCUT2D eigenvalue weighted by Crippen LogP contribution is 2.19. The van der Waals surface area contributed by atoms with Gasteiger partial charge in [0.05, 0.1) is 0 Å². The Balaban J connectivity index is 1.79. The van der Waals surface area contributed by atoms with E-state index in [2.05, 4.69) is 17.4 Å². The fourth-order valence-corrected chi connectivity index (χ4v) is 2.39. The molecule has 2 rings (SSSR count). The number of thioether (sulfide) groups is 1. The van der Waals surface area contributed by atoms with Crippen molar-refractivity contribution in [1.29, 1.82) is 0 Å². The van der Waals surface area contributed by atoms with E-state index in [9.17, 15) is 5.11 Å². The second-order valence-electron chi connectivity index (χ2n) is 4.84. The Morgan fingerprint density at radius 3 is 2.76 bits per heavy atom. The maximum Gasteiger partial charge on any atom is 0.122 e. The van der Waals surface area contributed by atoms with Crippen LogP contribution >= 0.6 is 11.8 Å². The summed E-state index contributed by atoms with van der Waals surface area (Å²) in [4.78, 5) is 1.20. The van der Waals surface area contributed by atoms with Gasteiger partial charge in [0.25, 0.3) is 0 Å². The summed E-state index contributed by atoms with van der Waals surface area (Å²) >= 11 is 1.70. The van der Waals surface area contributed by atoms with Gasteiger partial charge in [-0.05, 0) is 43.0 Å². The first-order valence-electron chi connectivity index (χ1n) is 6.93. The van der Waals surface area contributed by atoms with Gasteiger partial charge >= 0.3 is 0 Å². The van der Waals surface area contributed by atoms with Crippen molar-refractivity contribution in [3.05, 3.63) is 54.1 Å². The van der Waals surface area contributed by atoms with Gasteiger partial charge in [-0.3, -0.25) is 0 Å². The molecular weight excluding hydrogens is 282 g/mol. The van der Waals surface area contributed by atoms with Crippen molar-refractivity contribution in [2.45, 2.75) is 17.9 Å². The van der Waals surface area contributed by atoms with Crippen molar-refractivity contribution < 1.29 is 9.84 Å². The molecule has 0 fully saturated rings. The zero-order valence-corrected chi connectivity index (χ0v) is 13.2. The van der Waals surface area contributed by atoms with Crippen molar-refractivity contribution in [1.82, 2.24) is 0 Å². The van der Waals surface area contributed by atoms with Crippen LogP contribution in [-0.2, 0) is 0 Å². The van der Waals surface area contributed by atoms with Gasteiger partial charge in [0, 0.05) is 17.1 Å². The third-order valence-electron chi connectivity index (χ3n) is 3.14. The first-order chi connectivity index (χ1) is 10.2. The summed E-state index contributed by atoms with van der Waals surface area (Å²) in [5.74, 6) is 0.820. The molecule has 0 radical (unpaired) electrons. The molecule has 0 aromatic heterocycles. The topological polar surface area (TPSA) is 41.5 Å². The Morgan fingerprint density at radius 2 is 2.00 bits per heavy atom. The summed E-state index contributed by atoms with van der Waals surface area (Å²) in [5.41, 5.74) is 2.09. The molecule has 0 spiro atoms. The van der Waals surface area contributed by atoms with Gasteiger partial charge in [-0.2, -0.15) is 0 Å². The lowest BCUT2D eigenvalue weighted by atomic mass is 10.2. The third-order valence-corrected chi connectivity index (χ3v) is 3.86. The second kappa shape index (κ2) is 7.96. The molecule has 21 heavy (non-hydrogen) atoms. The number of anilines is 1. The largest absolute Gasteiger partial charge is 0.491 e. The van der Waals surface area contributed by atoms with Crippen molar-refractivity contribution in [2.24, 2.45) is 0 Å². The van der Waals surface area contributed by atoms with E-state index in [1.165, 1.54) is 4.90 Å². The van der Waals surface area contributed by atoms with Crippen LogP contribution in [0.4, 0.5) is 5.69 Å². The van der Waals surface area contributed by atoms with E-state index >= 15 is 0 Å². The number of aryl methyl sites for hydroxylation is 1. The molecule has 0 aliphatic carbocycles. The summed E-state index contributed by atoms with van der Waals surface area (Å²) in [5, 5.41) is 13.2. The van der Waals surface area contributed by atoms with Crippen molar-refractivity contribution >= 4 is 17.4 Å². The molecule has 1 atom stereocenters. The van der Waals surface area contributed by atoms with Crippen LogP contribution < -0.4 is 10.1 Å². The molecule has 112 valence electrons. The Hall–Kier alpha value is -1.65. The summed E-state index contributed by atoms with van der Waals surface area (Å²) in [6.45, 7) is 2.73. The molecular formula is C17H21NO2S. The molecule has 0 aliphatic rings. The maximum atomic E-state index is 10.00. The van der Waals surface area contributed by atoms with Gasteiger partial charge in [-0.25, -0.2) is 0 Å². The molecule has 1 unspecified atom stereocenters. The summed E-state index contributed by atoms with van der Waals surface area (Å²) < 4.78 is 5.64. The molecule has 3 nitrogen and oxygen atoms in total. The Bertz CT molecular complexity index is 574. The average Bonchev–Trinajstić information content (AvgIpc) is 2.52. The zero-order chi connectivity index (χ0) is 15.1. The quantitative estimate of drug-likeness (QED) is 0.767. The summed E-state index contributed by atoms with van der Waals surface area (Å²) in [6, 6.07) is 15.9. The number of aliphatic hydroxyl groups is 1. The van der Waals surface area contributed by atoms with Crippen LogP contribution in [-0.4, -0.2) is 30.6 Å². The minimum Gasteiger partial charge on any atom is -0.491 e. The minimum absolute atomic E-state index is 0.278. The zero-order valence-electron chi connectivity index (χ0n) is 12.4. The lowest BCUT2D eigenvalue weighted by Crippen LogP contribution is -2.26. The highest BCUT2D eigenvalue weighted by Gasteiger charge is 2.06. The Kier molecular flexibility index (Phi) is 5.96. The number of rotatable bonds is 7.